The van der Waals surface area contributed by atoms with Gasteiger partial charge in [-0.05, 0) is 17.5 Å². The lowest BCUT2D eigenvalue weighted by molar-refractivity contribution is 0.0927. The molecule has 3 rings (SSSR count). The van der Waals surface area contributed by atoms with Gasteiger partial charge in [0.05, 0.1) is 6.04 Å². The summed E-state index contributed by atoms with van der Waals surface area (Å²) < 4.78 is 5.52. The summed E-state index contributed by atoms with van der Waals surface area (Å²) in [6, 6.07) is 20.1. The summed E-state index contributed by atoms with van der Waals surface area (Å²) in [6.07, 6.45) is 0.547. The maximum absolute atomic E-state index is 12.6. The second-order valence-electron chi connectivity index (χ2n) is 5.91. The molecular weight excluding hydrogens is 434 g/mol. The van der Waals surface area contributed by atoms with Crippen molar-refractivity contribution >= 4 is 38.0 Å². The van der Waals surface area contributed by atoms with E-state index in [4.69, 9.17) is 4.74 Å². The second kappa shape index (κ2) is 8.17. The summed E-state index contributed by atoms with van der Waals surface area (Å²) in [5, 5.41) is 0. The molecule has 0 aliphatic carbocycles. The van der Waals surface area contributed by atoms with Gasteiger partial charge in [0.15, 0.2) is 0 Å². The molecule has 1 fully saturated rings. The first kappa shape index (κ1) is 17.5. The second-order valence-corrected chi connectivity index (χ2v) is 8.14. The molecule has 3 unspecified atom stereocenters. The van der Waals surface area contributed by atoms with Crippen molar-refractivity contribution in [3.63, 3.8) is 0 Å². The molecule has 2 aromatic rings. The number of carbonyl (C=O) groups excluding carboxylic acids is 1. The van der Waals surface area contributed by atoms with Crippen LogP contribution in [0.15, 0.2) is 60.7 Å². The van der Waals surface area contributed by atoms with Crippen molar-refractivity contribution in [1.82, 2.24) is 4.90 Å². The van der Waals surface area contributed by atoms with Gasteiger partial charge in [-0.1, -0.05) is 92.5 Å². The van der Waals surface area contributed by atoms with Gasteiger partial charge in [-0.3, -0.25) is 0 Å². The van der Waals surface area contributed by atoms with Crippen LogP contribution in [0.4, 0.5) is 4.79 Å². The van der Waals surface area contributed by atoms with E-state index in [1.165, 1.54) is 5.56 Å². The third kappa shape index (κ3) is 4.19. The normalized spacial score (nSPS) is 23.2. The Hall–Kier alpha value is -1.33. The van der Waals surface area contributed by atoms with E-state index in [-0.39, 0.29) is 21.8 Å². The highest BCUT2D eigenvalue weighted by molar-refractivity contribution is 9.12. The Morgan fingerprint density at radius 3 is 2.21 bits per heavy atom. The molecule has 2 aromatic carbocycles. The Bertz CT molecular complexity index is 666. The Balaban J connectivity index is 1.66. The van der Waals surface area contributed by atoms with Crippen molar-refractivity contribution in [3.05, 3.63) is 71.8 Å². The van der Waals surface area contributed by atoms with Crippen molar-refractivity contribution in [3.8, 4) is 0 Å². The summed E-state index contributed by atoms with van der Waals surface area (Å²) in [5.74, 6) is 0. The number of benzene rings is 2. The minimum absolute atomic E-state index is 0.0695. The molecule has 1 saturated heterocycles. The fourth-order valence-corrected chi connectivity index (χ4v) is 4.23. The van der Waals surface area contributed by atoms with E-state index in [0.717, 1.165) is 12.0 Å². The molecule has 3 nitrogen and oxygen atoms in total. The van der Waals surface area contributed by atoms with Crippen LogP contribution in [-0.2, 0) is 17.8 Å². The topological polar surface area (TPSA) is 29.5 Å². The molecule has 1 amide bonds. The molecule has 1 aliphatic heterocycles. The van der Waals surface area contributed by atoms with Crippen molar-refractivity contribution in [2.75, 3.05) is 6.54 Å². The lowest BCUT2D eigenvalue weighted by Crippen LogP contribution is -2.40. The van der Waals surface area contributed by atoms with Gasteiger partial charge in [-0.15, -0.1) is 0 Å². The molecular formula is C19H19Br2NO2. The number of nitrogens with zero attached hydrogens (tertiary/aromatic N) is 1. The third-order valence-corrected chi connectivity index (χ3v) is 7.03. The number of alkyl halides is 2. The Morgan fingerprint density at radius 1 is 1.00 bits per heavy atom. The average Bonchev–Trinajstić information content (AvgIpc) is 2.90. The number of halogens is 2. The fraction of sp³-hybridized carbons (Fsp3) is 0.316. The highest BCUT2D eigenvalue weighted by atomic mass is 79.9. The van der Waals surface area contributed by atoms with E-state index in [0.29, 0.717) is 13.2 Å². The third-order valence-electron chi connectivity index (χ3n) is 4.21. The Labute approximate surface area is 159 Å². The zero-order valence-corrected chi connectivity index (χ0v) is 16.3. The molecule has 1 heterocycles. The molecule has 5 heteroatoms. The van der Waals surface area contributed by atoms with Gasteiger partial charge >= 0.3 is 6.09 Å². The SMILES string of the molecule is O=C(OCc1ccccc1)N1CC(Br)C(Br)C1Cc1ccccc1. The standard InChI is InChI=1S/C19H19Br2NO2/c20-16-12-22(19(23)24-13-15-9-5-2-6-10-15)17(18(16)21)11-14-7-3-1-4-8-14/h1-10,16-18H,11-13H2. The molecule has 24 heavy (non-hydrogen) atoms. The zero-order chi connectivity index (χ0) is 16.9. The minimum Gasteiger partial charge on any atom is -0.445 e. The van der Waals surface area contributed by atoms with E-state index in [9.17, 15) is 4.79 Å². The molecule has 0 N–H and O–H groups in total. The van der Waals surface area contributed by atoms with Gasteiger partial charge in [-0.2, -0.15) is 0 Å². The van der Waals surface area contributed by atoms with Crippen LogP contribution in [0.5, 0.6) is 0 Å². The number of likely N-dealkylation sites (tertiary alicyclic amines) is 1. The van der Waals surface area contributed by atoms with Crippen LogP contribution in [-0.4, -0.2) is 33.2 Å². The van der Waals surface area contributed by atoms with E-state index >= 15 is 0 Å². The first-order valence-electron chi connectivity index (χ1n) is 7.94. The molecule has 126 valence electrons. The van der Waals surface area contributed by atoms with Crippen LogP contribution in [0.2, 0.25) is 0 Å². The van der Waals surface area contributed by atoms with Crippen molar-refractivity contribution in [2.24, 2.45) is 0 Å². The van der Waals surface area contributed by atoms with Crippen LogP contribution >= 0.6 is 31.9 Å². The Morgan fingerprint density at radius 2 is 1.58 bits per heavy atom. The van der Waals surface area contributed by atoms with E-state index < -0.39 is 0 Å². The lowest BCUT2D eigenvalue weighted by Gasteiger charge is -2.25. The summed E-state index contributed by atoms with van der Waals surface area (Å²) >= 11 is 7.40. The molecule has 1 aliphatic rings. The number of carbonyl (C=O) groups is 1. The first-order chi connectivity index (χ1) is 11.6. The minimum atomic E-state index is -0.258. The van der Waals surface area contributed by atoms with Gasteiger partial charge in [0.2, 0.25) is 0 Å². The van der Waals surface area contributed by atoms with E-state index in [1.807, 2.05) is 53.4 Å². The maximum Gasteiger partial charge on any atom is 0.410 e. The molecule has 0 bridgehead atoms. The summed E-state index contributed by atoms with van der Waals surface area (Å²) in [5.41, 5.74) is 2.21. The van der Waals surface area contributed by atoms with Crippen LogP contribution in [0, 0.1) is 0 Å². The van der Waals surface area contributed by atoms with Crippen LogP contribution < -0.4 is 0 Å². The van der Waals surface area contributed by atoms with Gasteiger partial charge in [0.25, 0.3) is 0 Å². The highest BCUT2D eigenvalue weighted by Gasteiger charge is 2.42. The molecule has 0 spiro atoms. The number of hydrogen-bond acceptors (Lipinski definition) is 2. The summed E-state index contributed by atoms with van der Waals surface area (Å²) in [4.78, 5) is 14.8. The number of rotatable bonds is 4. The van der Waals surface area contributed by atoms with E-state index in [2.05, 4.69) is 44.0 Å². The highest BCUT2D eigenvalue weighted by Crippen LogP contribution is 2.32. The van der Waals surface area contributed by atoms with Gasteiger partial charge < -0.3 is 9.64 Å². The van der Waals surface area contributed by atoms with Crippen molar-refractivity contribution in [2.45, 2.75) is 28.7 Å². The maximum atomic E-state index is 12.6. The molecule has 0 aromatic heterocycles. The summed E-state index contributed by atoms with van der Waals surface area (Å²) in [7, 11) is 0. The van der Waals surface area contributed by atoms with Gasteiger partial charge in [-0.25, -0.2) is 4.79 Å². The van der Waals surface area contributed by atoms with Gasteiger partial charge in [0, 0.05) is 16.2 Å². The largest absolute Gasteiger partial charge is 0.445 e. The van der Waals surface area contributed by atoms with Crippen LogP contribution in [0.1, 0.15) is 11.1 Å². The smallest absolute Gasteiger partial charge is 0.410 e. The molecule has 3 atom stereocenters. The number of ether oxygens (including phenoxy) is 1. The Kier molecular flexibility index (Phi) is 5.95. The van der Waals surface area contributed by atoms with Gasteiger partial charge in [0.1, 0.15) is 6.61 Å². The zero-order valence-electron chi connectivity index (χ0n) is 13.1. The van der Waals surface area contributed by atoms with Crippen LogP contribution in [0.3, 0.4) is 0 Å². The monoisotopic (exact) mass is 451 g/mol. The number of amides is 1. The molecule has 0 radical (unpaired) electrons. The fourth-order valence-electron chi connectivity index (χ4n) is 2.93. The van der Waals surface area contributed by atoms with Crippen LogP contribution in [0.25, 0.3) is 0 Å². The van der Waals surface area contributed by atoms with Crippen molar-refractivity contribution in [1.29, 1.82) is 0 Å². The number of hydrogen-bond donors (Lipinski definition) is 0. The lowest BCUT2D eigenvalue weighted by atomic mass is 10.0. The summed E-state index contributed by atoms with van der Waals surface area (Å²) in [6.45, 7) is 0.940. The van der Waals surface area contributed by atoms with E-state index in [1.54, 1.807) is 0 Å². The quantitative estimate of drug-likeness (QED) is 0.625. The average molecular weight is 453 g/mol. The predicted molar refractivity (Wildman–Crippen MR) is 103 cm³/mol. The van der Waals surface area contributed by atoms with Crippen molar-refractivity contribution < 1.29 is 9.53 Å². The first-order valence-corrected chi connectivity index (χ1v) is 9.77. The predicted octanol–water partition coefficient (Wildman–Crippen LogP) is 4.78. The molecule has 0 saturated carbocycles.